The highest BCUT2D eigenvalue weighted by atomic mass is 16.5. The molecule has 0 aliphatic carbocycles. The van der Waals surface area contributed by atoms with Crippen LogP contribution in [0, 0.1) is 5.92 Å². The van der Waals surface area contributed by atoms with Crippen molar-refractivity contribution in [1.29, 1.82) is 0 Å². The van der Waals surface area contributed by atoms with E-state index in [9.17, 15) is 5.11 Å². The second-order valence-electron chi connectivity index (χ2n) is 5.04. The maximum absolute atomic E-state index is 9.91. The number of anilines is 1. The van der Waals surface area contributed by atoms with Crippen molar-refractivity contribution in [1.82, 2.24) is 10.1 Å². The molecule has 1 fully saturated rings. The first kappa shape index (κ1) is 12.2. The summed E-state index contributed by atoms with van der Waals surface area (Å²) in [5.41, 5.74) is 0.909. The first-order valence-electron chi connectivity index (χ1n) is 6.56. The molecule has 2 heterocycles. The fourth-order valence-electron chi connectivity index (χ4n) is 2.27. The van der Waals surface area contributed by atoms with Gasteiger partial charge in [0, 0.05) is 18.7 Å². The van der Waals surface area contributed by atoms with E-state index >= 15 is 0 Å². The van der Waals surface area contributed by atoms with E-state index in [0.29, 0.717) is 24.3 Å². The second kappa shape index (κ2) is 5.01. The molecule has 0 spiro atoms. The van der Waals surface area contributed by atoms with Crippen LogP contribution in [0.25, 0.3) is 11.5 Å². The SMILES string of the molecule is C[C@H]1CCN(c2noc(-c3ccccc3)n2)C[C@@H]1O. The minimum Gasteiger partial charge on any atom is -0.391 e. The molecular formula is C14H17N3O2. The zero-order valence-electron chi connectivity index (χ0n) is 10.9. The third-order valence-electron chi connectivity index (χ3n) is 3.64. The first-order valence-corrected chi connectivity index (χ1v) is 6.56. The zero-order chi connectivity index (χ0) is 13.2. The highest BCUT2D eigenvalue weighted by Crippen LogP contribution is 2.24. The van der Waals surface area contributed by atoms with E-state index in [4.69, 9.17) is 4.52 Å². The topological polar surface area (TPSA) is 62.4 Å². The third kappa shape index (κ3) is 2.46. The van der Waals surface area contributed by atoms with Gasteiger partial charge in [-0.05, 0) is 29.6 Å². The van der Waals surface area contributed by atoms with Crippen LogP contribution in [-0.4, -0.2) is 34.4 Å². The van der Waals surface area contributed by atoms with Gasteiger partial charge in [0.2, 0.25) is 0 Å². The van der Waals surface area contributed by atoms with Gasteiger partial charge in [0.25, 0.3) is 11.8 Å². The molecule has 2 aromatic rings. The number of hydrogen-bond donors (Lipinski definition) is 1. The van der Waals surface area contributed by atoms with Crippen molar-refractivity contribution < 1.29 is 9.63 Å². The lowest BCUT2D eigenvalue weighted by molar-refractivity contribution is 0.102. The fraction of sp³-hybridized carbons (Fsp3) is 0.429. The molecule has 0 bridgehead atoms. The first-order chi connectivity index (χ1) is 9.24. The highest BCUT2D eigenvalue weighted by Gasteiger charge is 2.27. The highest BCUT2D eigenvalue weighted by molar-refractivity contribution is 5.54. The average Bonchev–Trinajstić information content (AvgIpc) is 2.93. The lowest BCUT2D eigenvalue weighted by Gasteiger charge is -2.33. The molecular weight excluding hydrogens is 242 g/mol. The average molecular weight is 259 g/mol. The summed E-state index contributed by atoms with van der Waals surface area (Å²) >= 11 is 0. The molecule has 2 atom stereocenters. The summed E-state index contributed by atoms with van der Waals surface area (Å²) in [6.07, 6.45) is 0.614. The molecule has 1 aliphatic heterocycles. The van der Waals surface area contributed by atoms with Crippen molar-refractivity contribution in [2.75, 3.05) is 18.0 Å². The molecule has 1 aromatic heterocycles. The summed E-state index contributed by atoms with van der Waals surface area (Å²) in [4.78, 5) is 6.37. The molecule has 5 nitrogen and oxygen atoms in total. The maximum Gasteiger partial charge on any atom is 0.266 e. The summed E-state index contributed by atoms with van der Waals surface area (Å²) in [6.45, 7) is 3.48. The number of nitrogens with zero attached hydrogens (tertiary/aromatic N) is 3. The maximum atomic E-state index is 9.91. The van der Waals surface area contributed by atoms with E-state index in [1.165, 1.54) is 0 Å². The Morgan fingerprint density at radius 1 is 1.32 bits per heavy atom. The Hall–Kier alpha value is -1.88. The monoisotopic (exact) mass is 259 g/mol. The number of piperidine rings is 1. The van der Waals surface area contributed by atoms with Crippen molar-refractivity contribution >= 4 is 5.95 Å². The Bertz CT molecular complexity index is 541. The molecule has 0 amide bonds. The van der Waals surface area contributed by atoms with Crippen molar-refractivity contribution in [2.24, 2.45) is 5.92 Å². The van der Waals surface area contributed by atoms with E-state index in [1.807, 2.05) is 35.2 Å². The van der Waals surface area contributed by atoms with Crippen LogP contribution in [0.3, 0.4) is 0 Å². The Labute approximate surface area is 111 Å². The molecule has 1 saturated heterocycles. The van der Waals surface area contributed by atoms with Crippen LogP contribution in [-0.2, 0) is 0 Å². The van der Waals surface area contributed by atoms with Crippen LogP contribution < -0.4 is 4.90 Å². The molecule has 1 aromatic carbocycles. The minimum absolute atomic E-state index is 0.326. The van der Waals surface area contributed by atoms with Crippen LogP contribution in [0.2, 0.25) is 0 Å². The summed E-state index contributed by atoms with van der Waals surface area (Å²) in [7, 11) is 0. The van der Waals surface area contributed by atoms with Gasteiger partial charge in [-0.1, -0.05) is 25.1 Å². The Morgan fingerprint density at radius 2 is 2.11 bits per heavy atom. The number of aromatic nitrogens is 2. The number of rotatable bonds is 2. The van der Waals surface area contributed by atoms with Crippen LogP contribution in [0.15, 0.2) is 34.9 Å². The van der Waals surface area contributed by atoms with Gasteiger partial charge in [0.05, 0.1) is 6.10 Å². The lowest BCUT2D eigenvalue weighted by atomic mass is 9.96. The van der Waals surface area contributed by atoms with Gasteiger partial charge in [-0.3, -0.25) is 0 Å². The van der Waals surface area contributed by atoms with Gasteiger partial charge in [-0.2, -0.15) is 4.98 Å². The van der Waals surface area contributed by atoms with E-state index in [0.717, 1.165) is 18.5 Å². The van der Waals surface area contributed by atoms with E-state index in [2.05, 4.69) is 17.1 Å². The van der Waals surface area contributed by atoms with Crippen molar-refractivity contribution in [3.63, 3.8) is 0 Å². The molecule has 5 heteroatoms. The summed E-state index contributed by atoms with van der Waals surface area (Å²) in [5.74, 6) is 1.41. The molecule has 100 valence electrons. The van der Waals surface area contributed by atoms with Crippen molar-refractivity contribution in [3.05, 3.63) is 30.3 Å². The minimum atomic E-state index is -0.326. The second-order valence-corrected chi connectivity index (χ2v) is 5.04. The van der Waals surface area contributed by atoms with Gasteiger partial charge in [0.1, 0.15) is 0 Å². The van der Waals surface area contributed by atoms with Gasteiger partial charge in [-0.15, -0.1) is 0 Å². The Balaban J connectivity index is 1.79. The van der Waals surface area contributed by atoms with Gasteiger partial charge in [0.15, 0.2) is 0 Å². The molecule has 0 unspecified atom stereocenters. The predicted molar refractivity (Wildman–Crippen MR) is 71.7 cm³/mol. The largest absolute Gasteiger partial charge is 0.391 e. The van der Waals surface area contributed by atoms with Gasteiger partial charge < -0.3 is 14.5 Å². The Kier molecular flexibility index (Phi) is 3.21. The fourth-order valence-corrected chi connectivity index (χ4v) is 2.27. The van der Waals surface area contributed by atoms with Crippen LogP contribution >= 0.6 is 0 Å². The lowest BCUT2D eigenvalue weighted by Crippen LogP contribution is -2.43. The molecule has 1 N–H and O–H groups in total. The molecule has 19 heavy (non-hydrogen) atoms. The molecule has 3 rings (SSSR count). The number of β-amino-alcohol motifs (C(OH)–C–C–N with tert-alkyl or cyclic N) is 1. The quantitative estimate of drug-likeness (QED) is 0.893. The smallest absolute Gasteiger partial charge is 0.266 e. The summed E-state index contributed by atoms with van der Waals surface area (Å²) in [6, 6.07) is 9.69. The van der Waals surface area contributed by atoms with Crippen LogP contribution in [0.5, 0.6) is 0 Å². The van der Waals surface area contributed by atoms with Crippen LogP contribution in [0.1, 0.15) is 13.3 Å². The molecule has 0 radical (unpaired) electrons. The van der Waals surface area contributed by atoms with Crippen LogP contribution in [0.4, 0.5) is 5.95 Å². The van der Waals surface area contributed by atoms with Crippen molar-refractivity contribution in [2.45, 2.75) is 19.4 Å². The Morgan fingerprint density at radius 3 is 2.84 bits per heavy atom. The van der Waals surface area contributed by atoms with E-state index in [1.54, 1.807) is 0 Å². The number of aliphatic hydroxyl groups is 1. The predicted octanol–water partition coefficient (Wildman–Crippen LogP) is 1.94. The number of aliphatic hydroxyl groups excluding tert-OH is 1. The molecule has 1 aliphatic rings. The normalized spacial score (nSPS) is 23.6. The standard InChI is InChI=1S/C14H17N3O2/c1-10-7-8-17(9-12(10)18)14-15-13(19-16-14)11-5-3-2-4-6-11/h2-6,10,12,18H,7-9H2,1H3/t10-,12-/m0/s1. The summed E-state index contributed by atoms with van der Waals surface area (Å²) in [5, 5.41) is 13.9. The summed E-state index contributed by atoms with van der Waals surface area (Å²) < 4.78 is 5.28. The van der Waals surface area contributed by atoms with Gasteiger partial charge >= 0.3 is 0 Å². The third-order valence-corrected chi connectivity index (χ3v) is 3.64. The van der Waals surface area contributed by atoms with Crippen molar-refractivity contribution in [3.8, 4) is 11.5 Å². The number of hydrogen-bond acceptors (Lipinski definition) is 5. The molecule has 0 saturated carbocycles. The zero-order valence-corrected chi connectivity index (χ0v) is 10.9. The van der Waals surface area contributed by atoms with Gasteiger partial charge in [-0.25, -0.2) is 0 Å². The van der Waals surface area contributed by atoms with E-state index in [-0.39, 0.29) is 6.10 Å². The number of benzene rings is 1. The van der Waals surface area contributed by atoms with E-state index < -0.39 is 0 Å².